The molecule has 0 amide bonds. The zero-order valence-electron chi connectivity index (χ0n) is 12.5. The van der Waals surface area contributed by atoms with Crippen LogP contribution in [0.15, 0.2) is 35.9 Å². The molecule has 1 rings (SSSR count). The number of carboxylic acid groups (broad SMARTS) is 1. The van der Waals surface area contributed by atoms with E-state index in [1.54, 1.807) is 6.08 Å². The SMILES string of the molecule is CCCCCCCCC/C(=C/c1ccccc1)C(=O)O. The van der Waals surface area contributed by atoms with Crippen molar-refractivity contribution in [1.29, 1.82) is 0 Å². The molecule has 20 heavy (non-hydrogen) atoms. The van der Waals surface area contributed by atoms with Crippen molar-refractivity contribution < 1.29 is 9.90 Å². The first-order valence-corrected chi connectivity index (χ1v) is 7.73. The number of unbranched alkanes of at least 4 members (excludes halogenated alkanes) is 6. The zero-order valence-corrected chi connectivity index (χ0v) is 12.5. The largest absolute Gasteiger partial charge is 0.478 e. The summed E-state index contributed by atoms with van der Waals surface area (Å²) < 4.78 is 0. The van der Waals surface area contributed by atoms with Crippen molar-refractivity contribution in [2.45, 2.75) is 58.3 Å². The van der Waals surface area contributed by atoms with Crippen LogP contribution >= 0.6 is 0 Å². The minimum atomic E-state index is -0.792. The summed E-state index contributed by atoms with van der Waals surface area (Å²) in [5, 5.41) is 9.24. The second-order valence-electron chi connectivity index (χ2n) is 5.26. The average molecular weight is 274 g/mol. The summed E-state index contributed by atoms with van der Waals surface area (Å²) in [6.45, 7) is 2.22. The molecule has 110 valence electrons. The fraction of sp³-hybridized carbons (Fsp3) is 0.500. The lowest BCUT2D eigenvalue weighted by Crippen LogP contribution is -2.00. The van der Waals surface area contributed by atoms with Crippen LogP contribution < -0.4 is 0 Å². The lowest BCUT2D eigenvalue weighted by molar-refractivity contribution is -0.132. The van der Waals surface area contributed by atoms with Gasteiger partial charge in [0.2, 0.25) is 0 Å². The maximum atomic E-state index is 11.2. The molecule has 0 fully saturated rings. The Balaban J connectivity index is 2.34. The normalized spacial score (nSPS) is 11.6. The van der Waals surface area contributed by atoms with E-state index in [1.807, 2.05) is 30.3 Å². The number of aliphatic carboxylic acids is 1. The predicted octanol–water partition coefficient (Wildman–Crippen LogP) is 5.30. The van der Waals surface area contributed by atoms with E-state index in [1.165, 1.54) is 32.1 Å². The second-order valence-corrected chi connectivity index (χ2v) is 5.26. The fourth-order valence-electron chi connectivity index (χ4n) is 2.26. The van der Waals surface area contributed by atoms with Crippen molar-refractivity contribution in [3.8, 4) is 0 Å². The van der Waals surface area contributed by atoms with Gasteiger partial charge in [-0.05, 0) is 24.5 Å². The van der Waals surface area contributed by atoms with Crippen molar-refractivity contribution in [3.63, 3.8) is 0 Å². The first-order chi connectivity index (χ1) is 9.74. The molecule has 1 N–H and O–H groups in total. The summed E-state index contributed by atoms with van der Waals surface area (Å²) in [5.41, 5.74) is 1.48. The van der Waals surface area contributed by atoms with E-state index in [9.17, 15) is 9.90 Å². The molecule has 1 aromatic rings. The van der Waals surface area contributed by atoms with E-state index >= 15 is 0 Å². The highest BCUT2D eigenvalue weighted by molar-refractivity contribution is 5.92. The Morgan fingerprint density at radius 1 is 1.00 bits per heavy atom. The van der Waals surface area contributed by atoms with Crippen LogP contribution in [0, 0.1) is 0 Å². The molecule has 2 heteroatoms. The van der Waals surface area contributed by atoms with Crippen LogP contribution in [0.4, 0.5) is 0 Å². The molecule has 0 unspecified atom stereocenters. The van der Waals surface area contributed by atoms with E-state index < -0.39 is 5.97 Å². The van der Waals surface area contributed by atoms with Crippen LogP contribution in [0.1, 0.15) is 63.9 Å². The highest BCUT2D eigenvalue weighted by Gasteiger charge is 2.06. The van der Waals surface area contributed by atoms with Crippen LogP contribution in [0.25, 0.3) is 6.08 Å². The van der Waals surface area contributed by atoms with Gasteiger partial charge in [-0.1, -0.05) is 75.8 Å². The molecule has 0 radical (unpaired) electrons. The maximum absolute atomic E-state index is 11.2. The van der Waals surface area contributed by atoms with Crippen molar-refractivity contribution in [3.05, 3.63) is 41.5 Å². The van der Waals surface area contributed by atoms with Gasteiger partial charge in [-0.3, -0.25) is 0 Å². The smallest absolute Gasteiger partial charge is 0.331 e. The molecule has 0 atom stereocenters. The molecule has 0 aliphatic carbocycles. The summed E-state index contributed by atoms with van der Waals surface area (Å²) >= 11 is 0. The number of carbonyl (C=O) groups is 1. The number of carboxylic acids is 1. The van der Waals surface area contributed by atoms with Gasteiger partial charge in [-0.25, -0.2) is 4.79 Å². The van der Waals surface area contributed by atoms with Crippen LogP contribution in [-0.2, 0) is 4.79 Å². The molecular weight excluding hydrogens is 248 g/mol. The number of rotatable bonds is 10. The Morgan fingerprint density at radius 3 is 2.20 bits per heavy atom. The quantitative estimate of drug-likeness (QED) is 0.464. The number of hydrogen-bond donors (Lipinski definition) is 1. The average Bonchev–Trinajstić information content (AvgIpc) is 2.46. The van der Waals surface area contributed by atoms with Crippen LogP contribution in [0.5, 0.6) is 0 Å². The molecular formula is C18H26O2. The minimum Gasteiger partial charge on any atom is -0.478 e. The third-order valence-electron chi connectivity index (χ3n) is 3.46. The van der Waals surface area contributed by atoms with E-state index in [0.29, 0.717) is 12.0 Å². The topological polar surface area (TPSA) is 37.3 Å². The van der Waals surface area contributed by atoms with Gasteiger partial charge in [-0.2, -0.15) is 0 Å². The molecule has 0 aromatic heterocycles. The summed E-state index contributed by atoms with van der Waals surface area (Å²) in [6.07, 6.45) is 10.9. The number of hydrogen-bond acceptors (Lipinski definition) is 1. The van der Waals surface area contributed by atoms with Crippen molar-refractivity contribution in [2.24, 2.45) is 0 Å². The lowest BCUT2D eigenvalue weighted by Gasteiger charge is -2.04. The molecule has 0 bridgehead atoms. The minimum absolute atomic E-state index is 0.518. The molecule has 0 aliphatic rings. The Bertz CT molecular complexity index is 407. The monoisotopic (exact) mass is 274 g/mol. The molecule has 0 aliphatic heterocycles. The van der Waals surface area contributed by atoms with E-state index in [0.717, 1.165) is 18.4 Å². The van der Waals surface area contributed by atoms with Crippen molar-refractivity contribution in [1.82, 2.24) is 0 Å². The molecule has 0 spiro atoms. The molecule has 0 heterocycles. The molecule has 1 aromatic carbocycles. The zero-order chi connectivity index (χ0) is 14.6. The third kappa shape index (κ3) is 7.13. The first-order valence-electron chi connectivity index (χ1n) is 7.73. The molecule has 2 nitrogen and oxygen atoms in total. The van der Waals surface area contributed by atoms with Gasteiger partial charge in [0.05, 0.1) is 0 Å². The summed E-state index contributed by atoms with van der Waals surface area (Å²) in [7, 11) is 0. The highest BCUT2D eigenvalue weighted by atomic mass is 16.4. The van der Waals surface area contributed by atoms with E-state index in [-0.39, 0.29) is 0 Å². The number of benzene rings is 1. The highest BCUT2D eigenvalue weighted by Crippen LogP contribution is 2.15. The predicted molar refractivity (Wildman–Crippen MR) is 84.7 cm³/mol. The van der Waals surface area contributed by atoms with Crippen molar-refractivity contribution >= 4 is 12.0 Å². The third-order valence-corrected chi connectivity index (χ3v) is 3.46. The summed E-state index contributed by atoms with van der Waals surface area (Å²) in [6, 6.07) is 9.67. The molecule has 0 saturated heterocycles. The Hall–Kier alpha value is -1.57. The van der Waals surface area contributed by atoms with Gasteiger partial charge in [0.15, 0.2) is 0 Å². The fourth-order valence-corrected chi connectivity index (χ4v) is 2.26. The standard InChI is InChI=1S/C18H26O2/c1-2-3-4-5-6-7-11-14-17(18(19)20)15-16-12-9-8-10-13-16/h8-10,12-13,15H,2-7,11,14H2,1H3,(H,19,20)/b17-15-. The second kappa shape index (κ2) is 10.2. The maximum Gasteiger partial charge on any atom is 0.331 e. The Kier molecular flexibility index (Phi) is 8.44. The van der Waals surface area contributed by atoms with Gasteiger partial charge in [-0.15, -0.1) is 0 Å². The first kappa shape index (κ1) is 16.5. The molecule has 0 saturated carbocycles. The summed E-state index contributed by atoms with van der Waals surface area (Å²) in [4.78, 5) is 11.2. The van der Waals surface area contributed by atoms with Gasteiger partial charge >= 0.3 is 5.97 Å². The van der Waals surface area contributed by atoms with E-state index in [2.05, 4.69) is 6.92 Å². The van der Waals surface area contributed by atoms with Crippen molar-refractivity contribution in [2.75, 3.05) is 0 Å². The van der Waals surface area contributed by atoms with Gasteiger partial charge in [0, 0.05) is 5.57 Å². The lowest BCUT2D eigenvalue weighted by atomic mass is 10.0. The van der Waals surface area contributed by atoms with Crippen LogP contribution in [0.3, 0.4) is 0 Å². The van der Waals surface area contributed by atoms with Gasteiger partial charge in [0.25, 0.3) is 0 Å². The Labute approximate surface area is 122 Å². The van der Waals surface area contributed by atoms with Gasteiger partial charge < -0.3 is 5.11 Å². The van der Waals surface area contributed by atoms with Gasteiger partial charge in [0.1, 0.15) is 0 Å². The van der Waals surface area contributed by atoms with Crippen LogP contribution in [0.2, 0.25) is 0 Å². The Morgan fingerprint density at radius 2 is 1.60 bits per heavy atom. The van der Waals surface area contributed by atoms with Crippen LogP contribution in [-0.4, -0.2) is 11.1 Å². The van der Waals surface area contributed by atoms with E-state index in [4.69, 9.17) is 0 Å². The summed E-state index contributed by atoms with van der Waals surface area (Å²) in [5.74, 6) is -0.792.